The Balaban J connectivity index is 1.37. The molecule has 2 heterocycles. The molecule has 224 valence electrons. The molecule has 0 bridgehead atoms. The summed E-state index contributed by atoms with van der Waals surface area (Å²) in [7, 11) is 1.45. The van der Waals surface area contributed by atoms with Crippen LogP contribution in [0.15, 0.2) is 78.4 Å². The van der Waals surface area contributed by atoms with E-state index >= 15 is 0 Å². The first-order chi connectivity index (χ1) is 21.1. The molecule has 1 saturated carbocycles. The molecule has 3 fully saturated rings. The summed E-state index contributed by atoms with van der Waals surface area (Å²) in [4.78, 5) is 59.2. The zero-order valence-electron chi connectivity index (χ0n) is 24.5. The van der Waals surface area contributed by atoms with Crippen molar-refractivity contribution in [3.63, 3.8) is 0 Å². The zero-order valence-corrected chi connectivity index (χ0v) is 25.2. The zero-order chi connectivity index (χ0) is 31.1. The molecule has 9 heteroatoms. The van der Waals surface area contributed by atoms with E-state index in [1.165, 1.54) is 23.0 Å². The predicted octanol–water partition coefficient (Wildman–Crippen LogP) is 5.80. The second-order valence-electron chi connectivity index (χ2n) is 12.4. The van der Waals surface area contributed by atoms with Gasteiger partial charge in [-0.25, -0.2) is 9.80 Å². The van der Waals surface area contributed by atoms with Crippen molar-refractivity contribution in [3.8, 4) is 11.5 Å². The van der Waals surface area contributed by atoms with Crippen molar-refractivity contribution in [2.24, 2.45) is 29.1 Å². The maximum absolute atomic E-state index is 14.4. The quantitative estimate of drug-likeness (QED) is 0.296. The number of nitrogens with zero attached hydrogens (tertiary/aromatic N) is 2. The van der Waals surface area contributed by atoms with Gasteiger partial charge in [0, 0.05) is 10.9 Å². The smallest absolute Gasteiger partial charge is 0.241 e. The Morgan fingerprint density at radius 2 is 1.64 bits per heavy atom. The normalized spacial score (nSPS) is 29.4. The van der Waals surface area contributed by atoms with Crippen LogP contribution in [0, 0.1) is 36.0 Å². The maximum Gasteiger partial charge on any atom is 0.241 e. The maximum atomic E-state index is 14.4. The molecule has 4 amide bonds. The Morgan fingerprint density at radius 1 is 0.886 bits per heavy atom. The summed E-state index contributed by atoms with van der Waals surface area (Å²) in [6.07, 6.45) is 2.58. The van der Waals surface area contributed by atoms with Crippen LogP contribution in [0.25, 0.3) is 0 Å². The molecule has 3 aromatic carbocycles. The number of methoxy groups -OCH3 is 1. The second-order valence-corrected chi connectivity index (χ2v) is 12.8. The number of phenols is 1. The number of carbonyl (C=O) groups excluding carboxylic acids is 4. The van der Waals surface area contributed by atoms with Gasteiger partial charge in [0.25, 0.3) is 0 Å². The fourth-order valence-electron chi connectivity index (χ4n) is 8.07. The van der Waals surface area contributed by atoms with Gasteiger partial charge in [-0.1, -0.05) is 53.6 Å². The van der Waals surface area contributed by atoms with Gasteiger partial charge in [0.15, 0.2) is 11.5 Å². The van der Waals surface area contributed by atoms with Gasteiger partial charge in [-0.15, -0.1) is 0 Å². The number of benzene rings is 3. The molecule has 1 N–H and O–H groups in total. The van der Waals surface area contributed by atoms with Crippen molar-refractivity contribution in [1.29, 1.82) is 0 Å². The van der Waals surface area contributed by atoms with Gasteiger partial charge < -0.3 is 9.84 Å². The lowest BCUT2D eigenvalue weighted by molar-refractivity contribution is -0.131. The van der Waals surface area contributed by atoms with Crippen LogP contribution in [-0.2, 0) is 19.2 Å². The van der Waals surface area contributed by atoms with Crippen LogP contribution in [0.5, 0.6) is 11.5 Å². The largest absolute Gasteiger partial charge is 0.504 e. The van der Waals surface area contributed by atoms with Gasteiger partial charge in [-0.05, 0) is 80.1 Å². The molecule has 0 spiro atoms. The van der Waals surface area contributed by atoms with E-state index in [0.717, 1.165) is 11.1 Å². The highest BCUT2D eigenvalue weighted by atomic mass is 35.5. The van der Waals surface area contributed by atoms with E-state index in [1.807, 2.05) is 26.0 Å². The third kappa shape index (κ3) is 3.83. The van der Waals surface area contributed by atoms with E-state index in [-0.39, 0.29) is 41.5 Å². The molecule has 0 radical (unpaired) electrons. The Morgan fingerprint density at radius 3 is 2.34 bits per heavy atom. The lowest BCUT2D eigenvalue weighted by Gasteiger charge is -2.49. The number of halogens is 1. The van der Waals surface area contributed by atoms with Crippen LogP contribution in [0.1, 0.15) is 36.8 Å². The molecule has 2 aliphatic carbocycles. The topological polar surface area (TPSA) is 104 Å². The summed E-state index contributed by atoms with van der Waals surface area (Å²) in [5, 5.41) is 10.9. The molecular formula is C35H31ClN2O6. The molecule has 7 rings (SSSR count). The van der Waals surface area contributed by atoms with Crippen LogP contribution in [0.2, 0.25) is 5.02 Å². The SMILES string of the molecule is COc1cc(C2C3=CCC4C(=O)N(c5ccc(C)c(Cl)c5)C(=O)C4C3CC3C(=O)N(c4ccccc4)C(=O)C32C)ccc1O. The molecule has 8 nitrogen and oxygen atoms in total. The number of fused-ring (bicyclic) bond motifs is 4. The van der Waals surface area contributed by atoms with Gasteiger partial charge in [0.2, 0.25) is 23.6 Å². The molecule has 2 saturated heterocycles. The van der Waals surface area contributed by atoms with Crippen molar-refractivity contribution < 1.29 is 29.0 Å². The lowest BCUT2D eigenvalue weighted by atomic mass is 9.51. The summed E-state index contributed by atoms with van der Waals surface area (Å²) >= 11 is 6.38. The average Bonchev–Trinajstić information content (AvgIpc) is 3.39. The van der Waals surface area contributed by atoms with Crippen molar-refractivity contribution in [1.82, 2.24) is 0 Å². The second kappa shape index (κ2) is 10.1. The van der Waals surface area contributed by atoms with E-state index in [2.05, 4.69) is 0 Å². The lowest BCUT2D eigenvalue weighted by Crippen LogP contribution is -2.48. The third-order valence-corrected chi connectivity index (χ3v) is 10.6. The summed E-state index contributed by atoms with van der Waals surface area (Å²) < 4.78 is 5.43. The highest BCUT2D eigenvalue weighted by Gasteiger charge is 2.67. The molecule has 44 heavy (non-hydrogen) atoms. The van der Waals surface area contributed by atoms with Gasteiger partial charge in [-0.3, -0.25) is 19.2 Å². The fourth-order valence-corrected chi connectivity index (χ4v) is 8.24. The number of phenolic OH excluding ortho intramolecular Hbond substituents is 1. The summed E-state index contributed by atoms with van der Waals surface area (Å²) in [6.45, 7) is 3.68. The number of amides is 4. The van der Waals surface area contributed by atoms with E-state index in [4.69, 9.17) is 16.3 Å². The minimum absolute atomic E-state index is 0.0493. The van der Waals surface area contributed by atoms with Crippen LogP contribution < -0.4 is 14.5 Å². The molecule has 0 aromatic heterocycles. The predicted molar refractivity (Wildman–Crippen MR) is 164 cm³/mol. The number of allylic oxidation sites excluding steroid dienone is 2. The van der Waals surface area contributed by atoms with Gasteiger partial charge >= 0.3 is 0 Å². The number of anilines is 2. The van der Waals surface area contributed by atoms with Crippen molar-refractivity contribution >= 4 is 46.6 Å². The fraction of sp³-hybridized carbons (Fsp3) is 0.314. The first-order valence-electron chi connectivity index (χ1n) is 14.7. The van der Waals surface area contributed by atoms with Crippen molar-refractivity contribution in [2.45, 2.75) is 32.6 Å². The van der Waals surface area contributed by atoms with Crippen LogP contribution in [0.3, 0.4) is 0 Å². The third-order valence-electron chi connectivity index (χ3n) is 10.2. The number of para-hydroxylation sites is 1. The van der Waals surface area contributed by atoms with Crippen molar-refractivity contribution in [3.05, 3.63) is 94.5 Å². The number of imide groups is 2. The van der Waals surface area contributed by atoms with Crippen LogP contribution >= 0.6 is 11.6 Å². The van der Waals surface area contributed by atoms with E-state index in [0.29, 0.717) is 28.4 Å². The summed E-state index contributed by atoms with van der Waals surface area (Å²) in [5.41, 5.74) is 2.12. The number of carbonyl (C=O) groups is 4. The van der Waals surface area contributed by atoms with E-state index in [9.17, 15) is 24.3 Å². The molecule has 6 unspecified atom stereocenters. The Bertz CT molecular complexity index is 1790. The van der Waals surface area contributed by atoms with Gasteiger partial charge in [0.1, 0.15) is 0 Å². The average molecular weight is 611 g/mol. The molecular weight excluding hydrogens is 580 g/mol. The van der Waals surface area contributed by atoms with Crippen molar-refractivity contribution in [2.75, 3.05) is 16.9 Å². The minimum atomic E-state index is -1.18. The number of ether oxygens (including phenoxy) is 1. The van der Waals surface area contributed by atoms with E-state index in [1.54, 1.807) is 54.6 Å². The molecule has 4 aliphatic rings. The number of aryl methyl sites for hydroxylation is 1. The first-order valence-corrected chi connectivity index (χ1v) is 15.1. The Hall–Kier alpha value is -4.43. The minimum Gasteiger partial charge on any atom is -0.504 e. The number of hydrogen-bond acceptors (Lipinski definition) is 6. The first kappa shape index (κ1) is 28.3. The van der Waals surface area contributed by atoms with Gasteiger partial charge in [0.05, 0.1) is 41.7 Å². The summed E-state index contributed by atoms with van der Waals surface area (Å²) in [6, 6.07) is 19.0. The van der Waals surface area contributed by atoms with E-state index < -0.39 is 35.0 Å². The summed E-state index contributed by atoms with van der Waals surface area (Å²) in [5.74, 6) is -4.13. The Labute approximate surface area is 259 Å². The monoisotopic (exact) mass is 610 g/mol. The highest BCUT2D eigenvalue weighted by Crippen LogP contribution is 2.64. The standard InChI is InChI=1S/C35H31ClN2O6/c1-18-9-11-21(16-26(18)36)37-31(40)23-13-12-22-24(29(23)33(37)42)17-25-32(41)38(20-7-5-4-6-8-20)34(43)35(25,2)30(22)19-10-14-27(39)28(15-19)44-3/h4-12,14-16,23-25,29-30,39H,13,17H2,1-3H3. The number of aromatic hydroxyl groups is 1. The van der Waals surface area contributed by atoms with Crippen LogP contribution in [-0.4, -0.2) is 35.8 Å². The Kier molecular flexibility index (Phi) is 6.48. The van der Waals surface area contributed by atoms with Gasteiger partial charge in [-0.2, -0.15) is 0 Å². The molecule has 6 atom stereocenters. The molecule has 3 aromatic rings. The molecule has 2 aliphatic heterocycles. The van der Waals surface area contributed by atoms with Crippen LogP contribution in [0.4, 0.5) is 11.4 Å². The highest BCUT2D eigenvalue weighted by molar-refractivity contribution is 6.32. The number of rotatable bonds is 4. The number of hydrogen-bond donors (Lipinski definition) is 1.